The van der Waals surface area contributed by atoms with Gasteiger partial charge in [0.2, 0.25) is 0 Å². The Labute approximate surface area is 187 Å². The van der Waals surface area contributed by atoms with Crippen LogP contribution in [0.15, 0.2) is 65.9 Å². The van der Waals surface area contributed by atoms with Gasteiger partial charge >= 0.3 is 0 Å². The molecular weight excluding hydrogens is 430 g/mol. The molecule has 1 aromatic heterocycles. The van der Waals surface area contributed by atoms with Gasteiger partial charge in [0, 0.05) is 23.4 Å². The first-order valence-electron chi connectivity index (χ1n) is 9.92. The summed E-state index contributed by atoms with van der Waals surface area (Å²) in [4.78, 5) is 0. The van der Waals surface area contributed by atoms with Crippen LogP contribution in [0.1, 0.15) is 17.5 Å². The number of nitrogens with zero attached hydrogens (tertiary/aromatic N) is 3. The highest BCUT2D eigenvalue weighted by Crippen LogP contribution is 2.23. The van der Waals surface area contributed by atoms with Crippen LogP contribution >= 0.6 is 12.2 Å². The van der Waals surface area contributed by atoms with E-state index in [1.807, 2.05) is 72.4 Å². The van der Waals surface area contributed by atoms with Crippen LogP contribution < -0.4 is 10.7 Å². The van der Waals surface area contributed by atoms with Crippen LogP contribution in [0.25, 0.3) is 16.9 Å². The maximum absolute atomic E-state index is 11.6. The second-order valence-corrected chi connectivity index (χ2v) is 10.2. The van der Waals surface area contributed by atoms with Crippen molar-refractivity contribution < 1.29 is 8.42 Å². The maximum Gasteiger partial charge on any atom is 0.187 e. The van der Waals surface area contributed by atoms with Crippen LogP contribution in [0.3, 0.4) is 0 Å². The third-order valence-electron chi connectivity index (χ3n) is 5.03. The normalized spacial score (nSPS) is 17.6. The maximum atomic E-state index is 11.6. The molecule has 160 valence electrons. The van der Waals surface area contributed by atoms with E-state index >= 15 is 0 Å². The third kappa shape index (κ3) is 5.36. The molecule has 0 amide bonds. The zero-order chi connectivity index (χ0) is 21.8. The molecule has 0 bridgehead atoms. The summed E-state index contributed by atoms with van der Waals surface area (Å²) in [7, 11) is -2.97. The molecule has 0 spiro atoms. The second-order valence-electron chi connectivity index (χ2n) is 7.52. The fourth-order valence-electron chi connectivity index (χ4n) is 3.42. The number of hydrogen-bond donors (Lipinski definition) is 2. The first-order valence-corrected chi connectivity index (χ1v) is 12.1. The monoisotopic (exact) mass is 453 g/mol. The minimum absolute atomic E-state index is 0.0972. The number of para-hydroxylation sites is 1. The highest BCUT2D eigenvalue weighted by molar-refractivity contribution is 7.91. The van der Waals surface area contributed by atoms with Crippen molar-refractivity contribution in [3.8, 4) is 16.9 Å². The quantitative estimate of drug-likeness (QED) is 0.351. The van der Waals surface area contributed by atoms with Crippen molar-refractivity contribution in [2.75, 3.05) is 11.5 Å². The number of rotatable bonds is 5. The van der Waals surface area contributed by atoms with Crippen molar-refractivity contribution in [3.05, 3.63) is 71.9 Å². The van der Waals surface area contributed by atoms with Crippen molar-refractivity contribution in [3.63, 3.8) is 0 Å². The smallest absolute Gasteiger partial charge is 0.187 e. The molecule has 1 saturated heterocycles. The Hall–Kier alpha value is -3.04. The molecule has 0 saturated carbocycles. The van der Waals surface area contributed by atoms with E-state index in [9.17, 15) is 8.42 Å². The van der Waals surface area contributed by atoms with Crippen molar-refractivity contribution in [2.24, 2.45) is 5.10 Å². The molecule has 3 aromatic rings. The Morgan fingerprint density at radius 2 is 1.94 bits per heavy atom. The Bertz CT molecular complexity index is 1200. The van der Waals surface area contributed by atoms with Crippen molar-refractivity contribution >= 4 is 33.4 Å². The van der Waals surface area contributed by atoms with Crippen LogP contribution in [0.4, 0.5) is 0 Å². The molecule has 31 heavy (non-hydrogen) atoms. The van der Waals surface area contributed by atoms with Gasteiger partial charge in [-0.15, -0.1) is 0 Å². The van der Waals surface area contributed by atoms with Crippen LogP contribution in [-0.4, -0.2) is 47.1 Å². The zero-order valence-corrected chi connectivity index (χ0v) is 18.7. The first-order chi connectivity index (χ1) is 14.9. The lowest BCUT2D eigenvalue weighted by Gasteiger charge is -2.11. The van der Waals surface area contributed by atoms with Gasteiger partial charge in [0.25, 0.3) is 0 Å². The fraction of sp³-hybridized carbons (Fsp3) is 0.227. The average molecular weight is 454 g/mol. The number of sulfone groups is 1. The van der Waals surface area contributed by atoms with E-state index in [1.165, 1.54) is 5.56 Å². The van der Waals surface area contributed by atoms with Gasteiger partial charge in [-0.25, -0.2) is 13.1 Å². The summed E-state index contributed by atoms with van der Waals surface area (Å²) in [6, 6.07) is 17.8. The molecule has 4 rings (SSSR count). The van der Waals surface area contributed by atoms with Crippen molar-refractivity contribution in [1.29, 1.82) is 0 Å². The minimum atomic E-state index is -2.97. The molecule has 2 heterocycles. The lowest BCUT2D eigenvalue weighted by molar-refractivity contribution is 0.600. The Morgan fingerprint density at radius 3 is 2.61 bits per heavy atom. The first kappa shape index (κ1) is 21.2. The Balaban J connectivity index is 1.53. The van der Waals surface area contributed by atoms with Crippen LogP contribution in [0.5, 0.6) is 0 Å². The molecule has 1 aliphatic heterocycles. The molecule has 1 unspecified atom stereocenters. The highest BCUT2D eigenvalue weighted by atomic mass is 32.2. The summed E-state index contributed by atoms with van der Waals surface area (Å²) in [6.45, 7) is 2.04. The molecule has 2 aromatic carbocycles. The molecular formula is C22H23N5O2S2. The molecule has 7 nitrogen and oxygen atoms in total. The largest absolute Gasteiger partial charge is 0.358 e. The van der Waals surface area contributed by atoms with Gasteiger partial charge in [0.15, 0.2) is 14.9 Å². The minimum Gasteiger partial charge on any atom is -0.358 e. The van der Waals surface area contributed by atoms with Gasteiger partial charge in [-0.1, -0.05) is 48.0 Å². The summed E-state index contributed by atoms with van der Waals surface area (Å²) in [5.74, 6) is 0.287. The fourth-order valence-corrected chi connectivity index (χ4v) is 5.31. The summed E-state index contributed by atoms with van der Waals surface area (Å²) in [6.07, 6.45) is 4.13. The Kier molecular flexibility index (Phi) is 6.15. The Morgan fingerprint density at radius 1 is 1.19 bits per heavy atom. The lowest BCUT2D eigenvalue weighted by Crippen LogP contribution is -2.40. The van der Waals surface area contributed by atoms with Crippen LogP contribution in [0.2, 0.25) is 0 Å². The van der Waals surface area contributed by atoms with Crippen LogP contribution in [-0.2, 0) is 9.84 Å². The second kappa shape index (κ2) is 8.99. The highest BCUT2D eigenvalue weighted by Gasteiger charge is 2.28. The van der Waals surface area contributed by atoms with Gasteiger partial charge in [-0.3, -0.25) is 5.43 Å². The number of hydrazone groups is 1. The van der Waals surface area contributed by atoms with E-state index < -0.39 is 9.84 Å². The van der Waals surface area contributed by atoms with E-state index in [1.54, 1.807) is 6.21 Å². The predicted octanol–water partition coefficient (Wildman–Crippen LogP) is 2.83. The van der Waals surface area contributed by atoms with E-state index in [0.29, 0.717) is 11.5 Å². The summed E-state index contributed by atoms with van der Waals surface area (Å²) >= 11 is 5.25. The lowest BCUT2D eigenvalue weighted by atomic mass is 10.1. The molecule has 0 aliphatic carbocycles. The number of aryl methyl sites for hydroxylation is 1. The van der Waals surface area contributed by atoms with Crippen molar-refractivity contribution in [2.45, 2.75) is 19.4 Å². The topological polar surface area (TPSA) is 88.4 Å². The zero-order valence-electron chi connectivity index (χ0n) is 17.0. The van der Waals surface area contributed by atoms with Crippen molar-refractivity contribution in [1.82, 2.24) is 20.5 Å². The molecule has 2 N–H and O–H groups in total. The summed E-state index contributed by atoms with van der Waals surface area (Å²) in [5.41, 5.74) is 7.51. The SMILES string of the molecule is Cc1ccc(-c2nn(-c3ccccc3)cc2/C=N/NC(=S)NC2CCS(=O)(=O)C2)cc1. The summed E-state index contributed by atoms with van der Waals surface area (Å²) in [5, 5.41) is 12.3. The molecule has 1 aliphatic rings. The number of thiocarbonyl (C=S) groups is 1. The number of hydrogen-bond acceptors (Lipinski definition) is 5. The average Bonchev–Trinajstić information content (AvgIpc) is 3.32. The number of nitrogens with one attached hydrogen (secondary N) is 2. The van der Waals surface area contributed by atoms with Gasteiger partial charge in [0.1, 0.15) is 5.69 Å². The number of benzene rings is 2. The van der Waals surface area contributed by atoms with Gasteiger partial charge in [-0.2, -0.15) is 10.2 Å². The standard InChI is InChI=1S/C22H23N5O2S2/c1-16-7-9-17(10-8-16)21-18(14-27(26-21)20-5-3-2-4-6-20)13-23-25-22(30)24-19-11-12-31(28,29)15-19/h2-10,13-14,19H,11-12,15H2,1H3,(H2,24,25,30)/b23-13+. The molecule has 0 radical (unpaired) electrons. The van der Waals surface area contributed by atoms with Gasteiger partial charge < -0.3 is 5.32 Å². The third-order valence-corrected chi connectivity index (χ3v) is 7.00. The van der Waals surface area contributed by atoms with E-state index in [0.717, 1.165) is 22.5 Å². The summed E-state index contributed by atoms with van der Waals surface area (Å²) < 4.78 is 25.0. The molecule has 1 fully saturated rings. The van der Waals surface area contributed by atoms with E-state index in [-0.39, 0.29) is 17.5 Å². The van der Waals surface area contributed by atoms with Crippen LogP contribution in [0, 0.1) is 6.92 Å². The van der Waals surface area contributed by atoms with Gasteiger partial charge in [-0.05, 0) is 37.7 Å². The molecule has 1 atom stereocenters. The van der Waals surface area contributed by atoms with Gasteiger partial charge in [0.05, 0.1) is 23.4 Å². The predicted molar refractivity (Wildman–Crippen MR) is 127 cm³/mol. The van der Waals surface area contributed by atoms with E-state index in [4.69, 9.17) is 17.3 Å². The van der Waals surface area contributed by atoms with E-state index in [2.05, 4.69) is 15.8 Å². The number of aromatic nitrogens is 2. The molecule has 9 heteroatoms.